The molecule has 0 unspecified atom stereocenters. The molecule has 194 valence electrons. The standard InChI is InChI=1S/C32H39N3O2/c33-19-7-6-12-30-31(36)34-29(21-24-15-18-26-10-4-5-11-28(26)20-24)32(37)35(30)22-23-13-16-27(17-14-23)25-8-2-1-3-9-25/h4-5,10-11,13-18,20,25,29-30H,1-3,6-9,12,19,21-22,33H2,(H,34,36)/t29-,30-/m0/s1. The van der Waals surface area contributed by atoms with Gasteiger partial charge in [0, 0.05) is 13.0 Å². The third kappa shape index (κ3) is 6.04. The SMILES string of the molecule is NCCCC[C@H]1C(=O)N[C@@H](Cc2ccc3ccccc3c2)C(=O)N1Cc1ccc(C2CCCCC2)cc1. The highest BCUT2D eigenvalue weighted by atomic mass is 16.2. The second-order valence-electron chi connectivity index (χ2n) is 10.8. The highest BCUT2D eigenvalue weighted by molar-refractivity contribution is 5.97. The van der Waals surface area contributed by atoms with Gasteiger partial charge in [-0.1, -0.05) is 86.0 Å². The minimum atomic E-state index is -0.555. The smallest absolute Gasteiger partial charge is 0.246 e. The van der Waals surface area contributed by atoms with Gasteiger partial charge in [-0.2, -0.15) is 0 Å². The maximum atomic E-state index is 13.8. The summed E-state index contributed by atoms with van der Waals surface area (Å²) in [5, 5.41) is 5.36. The molecule has 1 heterocycles. The van der Waals surface area contributed by atoms with E-state index in [0.717, 1.165) is 29.4 Å². The summed E-state index contributed by atoms with van der Waals surface area (Å²) in [6.45, 7) is 1.05. The number of hydrogen-bond donors (Lipinski definition) is 2. The van der Waals surface area contributed by atoms with Crippen molar-refractivity contribution in [3.05, 3.63) is 83.4 Å². The Balaban J connectivity index is 1.34. The molecule has 0 bridgehead atoms. The molecule has 37 heavy (non-hydrogen) atoms. The van der Waals surface area contributed by atoms with Crippen molar-refractivity contribution in [1.82, 2.24) is 10.2 Å². The highest BCUT2D eigenvalue weighted by Crippen LogP contribution is 2.33. The fourth-order valence-corrected chi connectivity index (χ4v) is 6.05. The van der Waals surface area contributed by atoms with Crippen LogP contribution in [0.25, 0.3) is 10.8 Å². The van der Waals surface area contributed by atoms with E-state index >= 15 is 0 Å². The molecule has 3 aromatic carbocycles. The molecule has 2 amide bonds. The van der Waals surface area contributed by atoms with Crippen LogP contribution in [0.2, 0.25) is 0 Å². The van der Waals surface area contributed by atoms with Crippen LogP contribution in [0.15, 0.2) is 66.7 Å². The second-order valence-corrected chi connectivity index (χ2v) is 10.8. The van der Waals surface area contributed by atoms with Gasteiger partial charge in [0.2, 0.25) is 11.8 Å². The van der Waals surface area contributed by atoms with Crippen molar-refractivity contribution < 1.29 is 9.59 Å². The van der Waals surface area contributed by atoms with E-state index in [-0.39, 0.29) is 11.8 Å². The molecule has 2 aliphatic rings. The van der Waals surface area contributed by atoms with Gasteiger partial charge in [0.15, 0.2) is 0 Å². The number of amides is 2. The zero-order valence-electron chi connectivity index (χ0n) is 21.7. The normalized spacial score (nSPS) is 20.8. The van der Waals surface area contributed by atoms with Crippen LogP contribution in [0.1, 0.15) is 74.0 Å². The predicted molar refractivity (Wildman–Crippen MR) is 149 cm³/mol. The highest BCUT2D eigenvalue weighted by Gasteiger charge is 2.40. The summed E-state index contributed by atoms with van der Waals surface area (Å²) < 4.78 is 0. The number of nitrogens with zero attached hydrogens (tertiary/aromatic N) is 1. The van der Waals surface area contributed by atoms with Crippen molar-refractivity contribution in [3.63, 3.8) is 0 Å². The maximum Gasteiger partial charge on any atom is 0.246 e. The fourth-order valence-electron chi connectivity index (χ4n) is 6.05. The first-order valence-corrected chi connectivity index (χ1v) is 14.0. The molecule has 1 aliphatic heterocycles. The lowest BCUT2D eigenvalue weighted by molar-refractivity contribution is -0.150. The van der Waals surface area contributed by atoms with Crippen LogP contribution in [0, 0.1) is 0 Å². The van der Waals surface area contributed by atoms with Gasteiger partial charge in [0.25, 0.3) is 0 Å². The molecular weight excluding hydrogens is 458 g/mol. The van der Waals surface area contributed by atoms with E-state index in [1.165, 1.54) is 43.1 Å². The number of unbranched alkanes of at least 4 members (excludes halogenated alkanes) is 1. The predicted octanol–water partition coefficient (Wildman–Crippen LogP) is 5.45. The lowest BCUT2D eigenvalue weighted by Gasteiger charge is -2.39. The van der Waals surface area contributed by atoms with Crippen molar-refractivity contribution in [2.24, 2.45) is 5.73 Å². The Labute approximate surface area is 220 Å². The summed E-state index contributed by atoms with van der Waals surface area (Å²) in [5.41, 5.74) is 9.24. The zero-order chi connectivity index (χ0) is 25.6. The van der Waals surface area contributed by atoms with Crippen LogP contribution in [-0.4, -0.2) is 35.3 Å². The monoisotopic (exact) mass is 497 g/mol. The maximum absolute atomic E-state index is 13.8. The Morgan fingerprint density at radius 2 is 1.57 bits per heavy atom. The Hall–Kier alpha value is -3.18. The van der Waals surface area contributed by atoms with E-state index in [2.05, 4.69) is 59.9 Å². The molecule has 5 rings (SSSR count). The summed E-state index contributed by atoms with van der Waals surface area (Å²) in [7, 11) is 0. The molecular formula is C32H39N3O2. The topological polar surface area (TPSA) is 75.4 Å². The number of nitrogens with one attached hydrogen (secondary N) is 1. The summed E-state index contributed by atoms with van der Waals surface area (Å²) in [4.78, 5) is 28.9. The third-order valence-corrected chi connectivity index (χ3v) is 8.17. The van der Waals surface area contributed by atoms with E-state index in [1.807, 2.05) is 17.0 Å². The number of carbonyl (C=O) groups is 2. The second kappa shape index (κ2) is 11.9. The summed E-state index contributed by atoms with van der Waals surface area (Å²) in [6, 6.07) is 22.2. The van der Waals surface area contributed by atoms with Crippen molar-refractivity contribution in [1.29, 1.82) is 0 Å². The van der Waals surface area contributed by atoms with E-state index in [0.29, 0.717) is 31.8 Å². The summed E-state index contributed by atoms with van der Waals surface area (Å²) in [6.07, 6.45) is 9.31. The quantitative estimate of drug-likeness (QED) is 0.386. The minimum absolute atomic E-state index is 0.00173. The van der Waals surface area contributed by atoms with Crippen LogP contribution >= 0.6 is 0 Å². The molecule has 3 aromatic rings. The van der Waals surface area contributed by atoms with Gasteiger partial charge in [0.1, 0.15) is 12.1 Å². The first-order chi connectivity index (χ1) is 18.1. The van der Waals surface area contributed by atoms with Gasteiger partial charge < -0.3 is 16.0 Å². The largest absolute Gasteiger partial charge is 0.342 e. The van der Waals surface area contributed by atoms with Gasteiger partial charge in [-0.3, -0.25) is 9.59 Å². The minimum Gasteiger partial charge on any atom is -0.342 e. The van der Waals surface area contributed by atoms with Crippen LogP contribution in [-0.2, 0) is 22.6 Å². The lowest BCUT2D eigenvalue weighted by atomic mass is 9.84. The molecule has 0 aromatic heterocycles. The first-order valence-electron chi connectivity index (χ1n) is 14.0. The molecule has 1 saturated heterocycles. The van der Waals surface area contributed by atoms with Gasteiger partial charge in [-0.25, -0.2) is 0 Å². The summed E-state index contributed by atoms with van der Waals surface area (Å²) in [5.74, 6) is 0.601. The Morgan fingerprint density at radius 3 is 2.32 bits per heavy atom. The van der Waals surface area contributed by atoms with Crippen LogP contribution in [0.5, 0.6) is 0 Å². The molecule has 2 atom stereocenters. The van der Waals surface area contributed by atoms with Crippen molar-refractivity contribution in [3.8, 4) is 0 Å². The summed E-state index contributed by atoms with van der Waals surface area (Å²) >= 11 is 0. The number of benzene rings is 3. The molecule has 0 spiro atoms. The molecule has 3 N–H and O–H groups in total. The van der Waals surface area contributed by atoms with E-state index in [1.54, 1.807) is 0 Å². The number of fused-ring (bicyclic) bond motifs is 1. The third-order valence-electron chi connectivity index (χ3n) is 8.17. The number of nitrogens with two attached hydrogens (primary N) is 1. The molecule has 0 radical (unpaired) electrons. The average molecular weight is 498 g/mol. The number of carbonyl (C=O) groups excluding carboxylic acids is 2. The van der Waals surface area contributed by atoms with Gasteiger partial charge in [-0.05, 0) is 72.0 Å². The fraction of sp³-hybridized carbons (Fsp3) is 0.438. The van der Waals surface area contributed by atoms with E-state index in [9.17, 15) is 9.59 Å². The van der Waals surface area contributed by atoms with Gasteiger partial charge >= 0.3 is 0 Å². The lowest BCUT2D eigenvalue weighted by Crippen LogP contribution is -2.63. The van der Waals surface area contributed by atoms with Crippen molar-refractivity contribution in [2.75, 3.05) is 6.54 Å². The number of rotatable bonds is 9. The molecule has 1 saturated carbocycles. The van der Waals surface area contributed by atoms with E-state index < -0.39 is 12.1 Å². The average Bonchev–Trinajstić information content (AvgIpc) is 2.94. The van der Waals surface area contributed by atoms with Crippen LogP contribution < -0.4 is 11.1 Å². The van der Waals surface area contributed by atoms with Crippen molar-refractivity contribution in [2.45, 2.75) is 82.3 Å². The number of hydrogen-bond acceptors (Lipinski definition) is 3. The van der Waals surface area contributed by atoms with Gasteiger partial charge in [-0.15, -0.1) is 0 Å². The molecule has 5 heteroatoms. The van der Waals surface area contributed by atoms with Crippen molar-refractivity contribution >= 4 is 22.6 Å². The van der Waals surface area contributed by atoms with Gasteiger partial charge in [0.05, 0.1) is 0 Å². The molecule has 1 aliphatic carbocycles. The zero-order valence-corrected chi connectivity index (χ0v) is 21.7. The Kier molecular flexibility index (Phi) is 8.20. The Bertz CT molecular complexity index is 1220. The Morgan fingerprint density at radius 1 is 0.838 bits per heavy atom. The first kappa shape index (κ1) is 25.5. The van der Waals surface area contributed by atoms with E-state index in [4.69, 9.17) is 5.73 Å². The van der Waals surface area contributed by atoms with Crippen LogP contribution in [0.4, 0.5) is 0 Å². The number of piperazine rings is 1. The molecule has 5 nitrogen and oxygen atoms in total. The molecule has 2 fully saturated rings. The van der Waals surface area contributed by atoms with Crippen LogP contribution in [0.3, 0.4) is 0 Å².